The average molecular weight is 412 g/mol. The van der Waals surface area contributed by atoms with E-state index in [2.05, 4.69) is 15.3 Å². The zero-order valence-corrected chi connectivity index (χ0v) is 16.7. The Morgan fingerprint density at radius 1 is 1.03 bits per heavy atom. The lowest BCUT2D eigenvalue weighted by Gasteiger charge is -2.34. The minimum absolute atomic E-state index is 0.0239. The molecule has 2 aromatic heterocycles. The number of benzene rings is 1. The van der Waals surface area contributed by atoms with Gasteiger partial charge in [-0.2, -0.15) is 5.10 Å². The molecule has 1 N–H and O–H groups in total. The van der Waals surface area contributed by atoms with Crippen molar-refractivity contribution in [1.29, 1.82) is 0 Å². The number of piperazine rings is 1. The first-order valence-electron chi connectivity index (χ1n) is 9.56. The third-order valence-electron chi connectivity index (χ3n) is 5.05. The molecule has 1 aliphatic heterocycles. The SMILES string of the molecule is O=C(NCC(=O)N1CCN(Cc2ccc(Cl)cc2)CC1)c1cc2ccccn2n1. The maximum Gasteiger partial charge on any atom is 0.272 e. The van der Waals surface area contributed by atoms with Crippen molar-refractivity contribution < 1.29 is 9.59 Å². The molecular weight excluding hydrogens is 390 g/mol. The van der Waals surface area contributed by atoms with Crippen molar-refractivity contribution in [2.24, 2.45) is 0 Å². The predicted molar refractivity (Wildman–Crippen MR) is 111 cm³/mol. The number of hydrogen-bond acceptors (Lipinski definition) is 4. The molecule has 1 fully saturated rings. The predicted octanol–water partition coefficient (Wildman–Crippen LogP) is 2.06. The summed E-state index contributed by atoms with van der Waals surface area (Å²) < 4.78 is 1.64. The molecule has 1 aliphatic rings. The Morgan fingerprint density at radius 2 is 1.79 bits per heavy atom. The summed E-state index contributed by atoms with van der Waals surface area (Å²) in [7, 11) is 0. The molecule has 3 heterocycles. The van der Waals surface area contributed by atoms with Crippen molar-refractivity contribution >= 4 is 28.9 Å². The molecule has 0 radical (unpaired) electrons. The number of hydrogen-bond donors (Lipinski definition) is 1. The average Bonchev–Trinajstić information content (AvgIpc) is 3.18. The number of rotatable bonds is 5. The lowest BCUT2D eigenvalue weighted by Crippen LogP contribution is -2.50. The van der Waals surface area contributed by atoms with E-state index in [-0.39, 0.29) is 18.4 Å². The molecule has 0 bridgehead atoms. The van der Waals surface area contributed by atoms with Gasteiger partial charge in [-0.3, -0.25) is 14.5 Å². The van der Waals surface area contributed by atoms with E-state index >= 15 is 0 Å². The second-order valence-corrected chi connectivity index (χ2v) is 7.50. The Labute approximate surface area is 173 Å². The van der Waals surface area contributed by atoms with Crippen molar-refractivity contribution in [2.45, 2.75) is 6.54 Å². The van der Waals surface area contributed by atoms with Crippen molar-refractivity contribution in [1.82, 2.24) is 24.7 Å². The monoisotopic (exact) mass is 411 g/mol. The summed E-state index contributed by atoms with van der Waals surface area (Å²) >= 11 is 5.93. The fourth-order valence-corrected chi connectivity index (χ4v) is 3.54. The Bertz CT molecular complexity index is 976. The molecular formula is C21H22ClN5O2. The van der Waals surface area contributed by atoms with Gasteiger partial charge >= 0.3 is 0 Å². The first kappa shape index (κ1) is 19.4. The summed E-state index contributed by atoms with van der Waals surface area (Å²) in [5.74, 6) is -0.420. The third-order valence-corrected chi connectivity index (χ3v) is 5.30. The van der Waals surface area contributed by atoms with Crippen LogP contribution in [0.2, 0.25) is 5.02 Å². The number of halogens is 1. The summed E-state index contributed by atoms with van der Waals surface area (Å²) in [6.45, 7) is 3.71. The van der Waals surface area contributed by atoms with Crippen LogP contribution in [0.4, 0.5) is 0 Å². The second kappa shape index (κ2) is 8.63. The highest BCUT2D eigenvalue weighted by Crippen LogP contribution is 2.13. The standard InChI is InChI=1S/C21H22ClN5O2/c22-17-6-4-16(5-7-17)15-25-9-11-26(12-10-25)20(28)14-23-21(29)19-13-18-3-1-2-8-27(18)24-19/h1-8,13H,9-12,14-15H2,(H,23,29). The van der Waals surface area contributed by atoms with E-state index < -0.39 is 0 Å². The summed E-state index contributed by atoms with van der Waals surface area (Å²) in [5, 5.41) is 7.64. The number of carbonyl (C=O) groups excluding carboxylic acids is 2. The number of fused-ring (bicyclic) bond motifs is 1. The van der Waals surface area contributed by atoms with Gasteiger partial charge in [-0.1, -0.05) is 29.8 Å². The van der Waals surface area contributed by atoms with E-state index in [1.54, 1.807) is 21.7 Å². The maximum absolute atomic E-state index is 12.5. The van der Waals surface area contributed by atoms with Gasteiger partial charge in [0.15, 0.2) is 5.69 Å². The largest absolute Gasteiger partial charge is 0.342 e. The molecule has 0 unspecified atom stereocenters. The van der Waals surface area contributed by atoms with Gasteiger partial charge < -0.3 is 10.2 Å². The lowest BCUT2D eigenvalue weighted by molar-refractivity contribution is -0.131. The molecule has 0 spiro atoms. The molecule has 0 saturated carbocycles. The van der Waals surface area contributed by atoms with Crippen LogP contribution in [0.3, 0.4) is 0 Å². The second-order valence-electron chi connectivity index (χ2n) is 7.07. The molecule has 29 heavy (non-hydrogen) atoms. The number of aromatic nitrogens is 2. The highest BCUT2D eigenvalue weighted by molar-refractivity contribution is 6.30. The molecule has 8 heteroatoms. The van der Waals surface area contributed by atoms with Crippen LogP contribution in [0.15, 0.2) is 54.7 Å². The summed E-state index contributed by atoms with van der Waals surface area (Å²) in [4.78, 5) is 28.9. The highest BCUT2D eigenvalue weighted by Gasteiger charge is 2.22. The van der Waals surface area contributed by atoms with E-state index in [1.165, 1.54) is 5.56 Å². The van der Waals surface area contributed by atoms with Crippen LogP contribution in [-0.2, 0) is 11.3 Å². The van der Waals surface area contributed by atoms with Crippen LogP contribution in [0.5, 0.6) is 0 Å². The molecule has 150 valence electrons. The van der Waals surface area contributed by atoms with E-state index in [0.717, 1.165) is 30.2 Å². The van der Waals surface area contributed by atoms with Crippen LogP contribution in [0.25, 0.3) is 5.52 Å². The highest BCUT2D eigenvalue weighted by atomic mass is 35.5. The molecule has 2 amide bonds. The molecule has 1 aromatic carbocycles. The first-order chi connectivity index (χ1) is 14.1. The smallest absolute Gasteiger partial charge is 0.272 e. The summed E-state index contributed by atoms with van der Waals surface area (Å²) in [6, 6.07) is 15.1. The minimum atomic E-state index is -0.344. The first-order valence-corrected chi connectivity index (χ1v) is 9.93. The topological polar surface area (TPSA) is 70.0 Å². The van der Waals surface area contributed by atoms with Crippen molar-refractivity contribution in [3.63, 3.8) is 0 Å². The zero-order chi connectivity index (χ0) is 20.2. The van der Waals surface area contributed by atoms with Crippen LogP contribution in [0.1, 0.15) is 16.1 Å². The Kier molecular flexibility index (Phi) is 5.78. The number of nitrogens with zero attached hydrogens (tertiary/aromatic N) is 4. The molecule has 7 nitrogen and oxygen atoms in total. The van der Waals surface area contributed by atoms with Gasteiger partial charge in [0.05, 0.1) is 12.1 Å². The Balaban J connectivity index is 1.24. The van der Waals surface area contributed by atoms with Gasteiger partial charge in [0.2, 0.25) is 5.91 Å². The molecule has 4 rings (SSSR count). The van der Waals surface area contributed by atoms with Gasteiger partial charge in [-0.05, 0) is 35.9 Å². The van der Waals surface area contributed by atoms with Crippen LogP contribution >= 0.6 is 11.6 Å². The Morgan fingerprint density at radius 3 is 2.52 bits per heavy atom. The maximum atomic E-state index is 12.5. The van der Waals surface area contributed by atoms with Crippen molar-refractivity contribution in [2.75, 3.05) is 32.7 Å². The number of carbonyl (C=O) groups is 2. The van der Waals surface area contributed by atoms with Crippen LogP contribution < -0.4 is 5.32 Å². The summed E-state index contributed by atoms with van der Waals surface area (Å²) in [6.07, 6.45) is 1.78. The normalized spacial score (nSPS) is 14.9. The quantitative estimate of drug-likeness (QED) is 0.697. The van der Waals surface area contributed by atoms with Gasteiger partial charge in [-0.25, -0.2) is 4.52 Å². The molecule has 0 atom stereocenters. The molecule has 0 aliphatic carbocycles. The molecule has 1 saturated heterocycles. The van der Waals surface area contributed by atoms with E-state index in [4.69, 9.17) is 11.6 Å². The lowest BCUT2D eigenvalue weighted by atomic mass is 10.2. The van der Waals surface area contributed by atoms with Gasteiger partial charge in [0, 0.05) is 43.9 Å². The van der Waals surface area contributed by atoms with Gasteiger partial charge in [0.25, 0.3) is 5.91 Å². The number of amides is 2. The van der Waals surface area contributed by atoms with Gasteiger partial charge in [-0.15, -0.1) is 0 Å². The van der Waals surface area contributed by atoms with Crippen LogP contribution in [-0.4, -0.2) is 64.0 Å². The number of pyridine rings is 1. The fourth-order valence-electron chi connectivity index (χ4n) is 3.41. The third kappa shape index (κ3) is 4.75. The number of nitrogens with one attached hydrogen (secondary N) is 1. The minimum Gasteiger partial charge on any atom is -0.342 e. The van der Waals surface area contributed by atoms with Crippen LogP contribution in [0, 0.1) is 0 Å². The van der Waals surface area contributed by atoms with E-state index in [0.29, 0.717) is 18.8 Å². The van der Waals surface area contributed by atoms with Crippen molar-refractivity contribution in [3.05, 3.63) is 71.0 Å². The fraction of sp³-hybridized carbons (Fsp3) is 0.286. The zero-order valence-electron chi connectivity index (χ0n) is 15.9. The van der Waals surface area contributed by atoms with E-state index in [1.807, 2.05) is 42.5 Å². The Hall–Kier alpha value is -2.90. The van der Waals surface area contributed by atoms with E-state index in [9.17, 15) is 9.59 Å². The summed E-state index contributed by atoms with van der Waals surface area (Å²) in [5.41, 5.74) is 2.34. The van der Waals surface area contributed by atoms with Crippen molar-refractivity contribution in [3.8, 4) is 0 Å². The molecule has 3 aromatic rings. The van der Waals surface area contributed by atoms with Gasteiger partial charge in [0.1, 0.15) is 0 Å².